The van der Waals surface area contributed by atoms with Gasteiger partial charge in [0.05, 0.1) is 5.39 Å². The van der Waals surface area contributed by atoms with Crippen molar-refractivity contribution in [1.82, 2.24) is 5.16 Å². The Morgan fingerprint density at radius 3 is 2.52 bits per heavy atom. The third-order valence-electron chi connectivity index (χ3n) is 3.05. The second kappa shape index (κ2) is 5.79. The second-order valence-electron chi connectivity index (χ2n) is 4.72. The Kier molecular flexibility index (Phi) is 3.81. The summed E-state index contributed by atoms with van der Waals surface area (Å²) in [4.78, 5) is 0. The summed E-state index contributed by atoms with van der Waals surface area (Å²) in [6.45, 7) is 0.282. The van der Waals surface area contributed by atoms with Crippen molar-refractivity contribution in [2.24, 2.45) is 0 Å². The Balaban J connectivity index is 1.69. The third kappa shape index (κ3) is 3.71. The summed E-state index contributed by atoms with van der Waals surface area (Å²) < 4.78 is 58.3. The fourth-order valence-corrected chi connectivity index (χ4v) is 2.03. The highest BCUT2D eigenvalue weighted by molar-refractivity contribution is 5.87. The number of rotatable bonds is 4. The number of nitrogens with one attached hydrogen (secondary N) is 1. The van der Waals surface area contributed by atoms with Crippen LogP contribution in [0.3, 0.4) is 0 Å². The highest BCUT2D eigenvalue weighted by Crippen LogP contribution is 2.25. The summed E-state index contributed by atoms with van der Waals surface area (Å²) in [6.07, 6.45) is -4.72. The van der Waals surface area contributed by atoms with Gasteiger partial charge in [0.15, 0.2) is 11.4 Å². The maximum Gasteiger partial charge on any atom is 0.573 e. The van der Waals surface area contributed by atoms with Gasteiger partial charge in [-0.05, 0) is 35.9 Å². The Labute approximate surface area is 127 Å². The standard InChI is InChI=1S/C15H10F4N2O2/c16-10-3-6-13-12(7-10)14(21-23-13)20-8-9-1-4-11(5-2-9)22-15(17,18)19/h1-7H,8H2,(H,20,21). The Morgan fingerprint density at radius 2 is 1.83 bits per heavy atom. The zero-order valence-electron chi connectivity index (χ0n) is 11.5. The van der Waals surface area contributed by atoms with E-state index < -0.39 is 12.2 Å². The highest BCUT2D eigenvalue weighted by Gasteiger charge is 2.30. The van der Waals surface area contributed by atoms with Crippen LogP contribution in [0, 0.1) is 5.82 Å². The van der Waals surface area contributed by atoms with Crippen LogP contribution >= 0.6 is 0 Å². The summed E-state index contributed by atoms with van der Waals surface area (Å²) in [6, 6.07) is 9.40. The average Bonchev–Trinajstić information content (AvgIpc) is 2.87. The van der Waals surface area contributed by atoms with Crippen LogP contribution in [0.5, 0.6) is 5.75 Å². The SMILES string of the molecule is Fc1ccc2onc(NCc3ccc(OC(F)(F)F)cc3)c2c1. The van der Waals surface area contributed by atoms with Crippen LogP contribution in [0.4, 0.5) is 23.4 Å². The van der Waals surface area contributed by atoms with E-state index in [1.54, 1.807) is 0 Å². The van der Waals surface area contributed by atoms with Crippen molar-refractivity contribution < 1.29 is 26.8 Å². The van der Waals surface area contributed by atoms with E-state index in [1.807, 2.05) is 0 Å². The van der Waals surface area contributed by atoms with E-state index in [-0.39, 0.29) is 12.3 Å². The molecule has 0 saturated heterocycles. The van der Waals surface area contributed by atoms with Crippen LogP contribution in [0.1, 0.15) is 5.56 Å². The number of halogens is 4. The van der Waals surface area contributed by atoms with Crippen LogP contribution in [-0.2, 0) is 6.54 Å². The molecular formula is C15H10F4N2O2. The Bertz CT molecular complexity index is 812. The number of benzene rings is 2. The molecule has 0 aliphatic rings. The van der Waals surface area contributed by atoms with Crippen molar-refractivity contribution in [3.63, 3.8) is 0 Å². The molecule has 4 nitrogen and oxygen atoms in total. The van der Waals surface area contributed by atoms with Crippen LogP contribution < -0.4 is 10.1 Å². The number of fused-ring (bicyclic) bond motifs is 1. The summed E-state index contributed by atoms with van der Waals surface area (Å²) in [7, 11) is 0. The first kappa shape index (κ1) is 15.1. The van der Waals surface area contributed by atoms with Gasteiger partial charge in [0.1, 0.15) is 11.6 Å². The smallest absolute Gasteiger partial charge is 0.406 e. The lowest BCUT2D eigenvalue weighted by atomic mass is 10.2. The Hall–Kier alpha value is -2.77. The van der Waals surface area contributed by atoms with Gasteiger partial charge in [-0.1, -0.05) is 17.3 Å². The molecule has 120 valence electrons. The zero-order chi connectivity index (χ0) is 16.4. The predicted molar refractivity (Wildman–Crippen MR) is 74.4 cm³/mol. The lowest BCUT2D eigenvalue weighted by Gasteiger charge is -2.09. The fourth-order valence-electron chi connectivity index (χ4n) is 2.03. The number of anilines is 1. The summed E-state index contributed by atoms with van der Waals surface area (Å²) in [5.74, 6) is -0.359. The van der Waals surface area contributed by atoms with Crippen LogP contribution in [0.2, 0.25) is 0 Å². The molecule has 0 aliphatic carbocycles. The second-order valence-corrected chi connectivity index (χ2v) is 4.72. The number of aromatic nitrogens is 1. The van der Waals surface area contributed by atoms with E-state index in [2.05, 4.69) is 15.2 Å². The van der Waals surface area contributed by atoms with E-state index in [9.17, 15) is 17.6 Å². The molecule has 1 N–H and O–H groups in total. The topological polar surface area (TPSA) is 47.3 Å². The van der Waals surface area contributed by atoms with Gasteiger partial charge in [-0.2, -0.15) is 0 Å². The van der Waals surface area contributed by atoms with Gasteiger partial charge in [-0.3, -0.25) is 0 Å². The monoisotopic (exact) mass is 326 g/mol. The number of ether oxygens (including phenoxy) is 1. The van der Waals surface area contributed by atoms with Crippen molar-refractivity contribution in [2.75, 3.05) is 5.32 Å². The normalized spacial score (nSPS) is 11.7. The van der Waals surface area contributed by atoms with Gasteiger partial charge < -0.3 is 14.6 Å². The average molecular weight is 326 g/mol. The van der Waals surface area contributed by atoms with Gasteiger partial charge >= 0.3 is 6.36 Å². The molecule has 0 fully saturated rings. The number of alkyl halides is 3. The van der Waals surface area contributed by atoms with Gasteiger partial charge in [0.25, 0.3) is 0 Å². The minimum Gasteiger partial charge on any atom is -0.406 e. The van der Waals surface area contributed by atoms with Crippen molar-refractivity contribution in [3.8, 4) is 5.75 Å². The molecule has 8 heteroatoms. The quantitative estimate of drug-likeness (QED) is 0.718. The first-order valence-electron chi connectivity index (χ1n) is 6.54. The fraction of sp³-hybridized carbons (Fsp3) is 0.133. The third-order valence-corrected chi connectivity index (χ3v) is 3.05. The minimum absolute atomic E-state index is 0.282. The van der Waals surface area contributed by atoms with Crippen LogP contribution in [0.15, 0.2) is 47.0 Å². The molecule has 2 aromatic carbocycles. The maximum atomic E-state index is 13.2. The molecule has 1 aromatic heterocycles. The van der Waals surface area contributed by atoms with E-state index in [0.29, 0.717) is 22.4 Å². The summed E-state index contributed by atoms with van der Waals surface area (Å²) >= 11 is 0. The molecule has 0 atom stereocenters. The molecule has 23 heavy (non-hydrogen) atoms. The van der Waals surface area contributed by atoms with E-state index in [1.165, 1.54) is 42.5 Å². The molecule has 0 spiro atoms. The first-order valence-corrected chi connectivity index (χ1v) is 6.54. The number of nitrogens with zero attached hydrogens (tertiary/aromatic N) is 1. The molecule has 0 bridgehead atoms. The van der Waals surface area contributed by atoms with E-state index in [4.69, 9.17) is 4.52 Å². The molecule has 1 heterocycles. The van der Waals surface area contributed by atoms with Gasteiger partial charge in [-0.15, -0.1) is 13.2 Å². The molecule has 3 rings (SSSR count). The molecule has 3 aromatic rings. The Morgan fingerprint density at radius 1 is 1.09 bits per heavy atom. The highest BCUT2D eigenvalue weighted by atomic mass is 19.4. The van der Waals surface area contributed by atoms with Crippen molar-refractivity contribution in [3.05, 3.63) is 53.8 Å². The molecule has 0 aliphatic heterocycles. The number of hydrogen-bond donors (Lipinski definition) is 1. The molecule has 0 radical (unpaired) electrons. The van der Waals surface area contributed by atoms with E-state index in [0.717, 1.165) is 0 Å². The van der Waals surface area contributed by atoms with Gasteiger partial charge in [0.2, 0.25) is 0 Å². The molecular weight excluding hydrogens is 316 g/mol. The number of hydrogen-bond acceptors (Lipinski definition) is 4. The summed E-state index contributed by atoms with van der Waals surface area (Å²) in [5.41, 5.74) is 1.13. The largest absolute Gasteiger partial charge is 0.573 e. The van der Waals surface area contributed by atoms with Crippen LogP contribution in [-0.4, -0.2) is 11.5 Å². The van der Waals surface area contributed by atoms with Crippen LogP contribution in [0.25, 0.3) is 11.0 Å². The minimum atomic E-state index is -4.72. The predicted octanol–water partition coefficient (Wildman–Crippen LogP) is 4.48. The van der Waals surface area contributed by atoms with Crippen molar-refractivity contribution in [1.29, 1.82) is 0 Å². The lowest BCUT2D eigenvalue weighted by Crippen LogP contribution is -2.17. The van der Waals surface area contributed by atoms with Gasteiger partial charge in [0, 0.05) is 6.54 Å². The lowest BCUT2D eigenvalue weighted by molar-refractivity contribution is -0.274. The molecule has 0 saturated carbocycles. The molecule has 0 amide bonds. The first-order chi connectivity index (χ1) is 10.9. The van der Waals surface area contributed by atoms with E-state index >= 15 is 0 Å². The maximum absolute atomic E-state index is 13.2. The zero-order valence-corrected chi connectivity index (χ0v) is 11.5. The molecule has 0 unspecified atom stereocenters. The summed E-state index contributed by atoms with van der Waals surface area (Å²) in [5, 5.41) is 7.22. The van der Waals surface area contributed by atoms with Gasteiger partial charge in [-0.25, -0.2) is 4.39 Å². The van der Waals surface area contributed by atoms with Crippen molar-refractivity contribution in [2.45, 2.75) is 12.9 Å². The van der Waals surface area contributed by atoms with Crippen molar-refractivity contribution >= 4 is 16.8 Å².